The zero-order chi connectivity index (χ0) is 23.8. The summed E-state index contributed by atoms with van der Waals surface area (Å²) in [7, 11) is 0. The van der Waals surface area contributed by atoms with Crippen molar-refractivity contribution in [1.29, 1.82) is 0 Å². The van der Waals surface area contributed by atoms with Gasteiger partial charge in [0.15, 0.2) is 11.5 Å². The Bertz CT molecular complexity index is 1610. The Morgan fingerprint density at radius 3 is 2.50 bits per heavy atom. The second kappa shape index (κ2) is 9.00. The summed E-state index contributed by atoms with van der Waals surface area (Å²) in [5, 5.41) is 5.78. The fourth-order valence-corrected chi connectivity index (χ4v) is 4.89. The largest absolute Gasteiger partial charge is 0.453 e. The number of furan rings is 1. The molecule has 0 bridgehead atoms. The lowest BCUT2D eigenvalue weighted by atomic mass is 10.2. The molecule has 0 saturated carbocycles. The molecular formula is C25H15Br2N3O4. The molecule has 2 aromatic heterocycles. The van der Waals surface area contributed by atoms with Crippen LogP contribution in [0.2, 0.25) is 0 Å². The SMILES string of the molecule is CC(=O)Oc1c(Br)cc(C=Nn2c(-c3cc4ccccc4o3)nc3ccccc3c2=O)cc1Br. The minimum atomic E-state index is -0.438. The molecule has 0 unspecified atom stereocenters. The first kappa shape index (κ1) is 22.2. The molecule has 9 heteroatoms. The van der Waals surface area contributed by atoms with Crippen molar-refractivity contribution < 1.29 is 13.9 Å². The van der Waals surface area contributed by atoms with E-state index in [2.05, 4.69) is 41.9 Å². The van der Waals surface area contributed by atoms with Crippen molar-refractivity contribution in [3.05, 3.63) is 91.6 Å². The van der Waals surface area contributed by atoms with Crippen LogP contribution in [0.1, 0.15) is 12.5 Å². The Labute approximate surface area is 209 Å². The van der Waals surface area contributed by atoms with Gasteiger partial charge in [-0.2, -0.15) is 9.78 Å². The van der Waals surface area contributed by atoms with Crippen molar-refractivity contribution in [2.24, 2.45) is 5.10 Å². The fraction of sp³-hybridized carbons (Fsp3) is 0.0400. The van der Waals surface area contributed by atoms with E-state index in [-0.39, 0.29) is 11.4 Å². The third kappa shape index (κ3) is 4.20. The third-order valence-electron chi connectivity index (χ3n) is 4.99. The number of para-hydroxylation sites is 2. The number of benzene rings is 3. The van der Waals surface area contributed by atoms with E-state index in [0.717, 1.165) is 5.39 Å². The second-order valence-corrected chi connectivity index (χ2v) is 9.08. The van der Waals surface area contributed by atoms with Gasteiger partial charge in [0.25, 0.3) is 5.56 Å². The highest BCUT2D eigenvalue weighted by molar-refractivity contribution is 9.11. The quantitative estimate of drug-likeness (QED) is 0.145. The molecule has 7 nitrogen and oxygen atoms in total. The highest BCUT2D eigenvalue weighted by Gasteiger charge is 2.17. The first-order valence-electron chi connectivity index (χ1n) is 10.1. The molecule has 5 aromatic rings. The van der Waals surface area contributed by atoms with Crippen LogP contribution in [-0.4, -0.2) is 21.8 Å². The van der Waals surface area contributed by atoms with Gasteiger partial charge < -0.3 is 9.15 Å². The van der Waals surface area contributed by atoms with Crippen LogP contribution in [0.5, 0.6) is 5.75 Å². The molecule has 0 saturated heterocycles. The van der Waals surface area contributed by atoms with Gasteiger partial charge in [0, 0.05) is 12.3 Å². The summed E-state index contributed by atoms with van der Waals surface area (Å²) in [4.78, 5) is 29.4. The van der Waals surface area contributed by atoms with Crippen LogP contribution < -0.4 is 10.3 Å². The van der Waals surface area contributed by atoms with E-state index in [0.29, 0.717) is 42.5 Å². The summed E-state index contributed by atoms with van der Waals surface area (Å²) in [6, 6.07) is 19.9. The Morgan fingerprint density at radius 2 is 1.76 bits per heavy atom. The van der Waals surface area contributed by atoms with Gasteiger partial charge in [-0.3, -0.25) is 9.59 Å². The van der Waals surface area contributed by atoms with Gasteiger partial charge in [-0.15, -0.1) is 0 Å². The van der Waals surface area contributed by atoms with E-state index in [1.807, 2.05) is 36.4 Å². The molecule has 0 N–H and O–H groups in total. The van der Waals surface area contributed by atoms with Crippen LogP contribution in [-0.2, 0) is 4.79 Å². The number of fused-ring (bicyclic) bond motifs is 2. The van der Waals surface area contributed by atoms with Crippen LogP contribution in [0.4, 0.5) is 0 Å². The van der Waals surface area contributed by atoms with Crippen LogP contribution in [0.25, 0.3) is 33.5 Å². The molecular weight excluding hydrogens is 566 g/mol. The van der Waals surface area contributed by atoms with Crippen LogP contribution in [0.3, 0.4) is 0 Å². The Kier molecular flexibility index (Phi) is 5.89. The number of carbonyl (C=O) groups excluding carboxylic acids is 1. The summed E-state index contributed by atoms with van der Waals surface area (Å²) < 4.78 is 13.5. The molecule has 0 aliphatic rings. The Balaban J connectivity index is 1.66. The third-order valence-corrected chi connectivity index (χ3v) is 6.17. The molecule has 0 amide bonds. The van der Waals surface area contributed by atoms with E-state index in [1.165, 1.54) is 17.8 Å². The molecule has 5 rings (SSSR count). The number of rotatable bonds is 4. The number of aromatic nitrogens is 2. The smallest absolute Gasteiger partial charge is 0.308 e. The van der Waals surface area contributed by atoms with E-state index >= 15 is 0 Å². The molecule has 0 spiro atoms. The van der Waals surface area contributed by atoms with Crippen molar-refractivity contribution in [2.45, 2.75) is 6.92 Å². The predicted molar refractivity (Wildman–Crippen MR) is 137 cm³/mol. The van der Waals surface area contributed by atoms with Gasteiger partial charge in [-0.25, -0.2) is 4.98 Å². The Hall–Kier alpha value is -3.56. The van der Waals surface area contributed by atoms with Gasteiger partial charge >= 0.3 is 5.97 Å². The maximum Gasteiger partial charge on any atom is 0.308 e. The summed E-state index contributed by atoms with van der Waals surface area (Å²) in [6.45, 7) is 1.33. The van der Waals surface area contributed by atoms with Crippen molar-refractivity contribution in [2.75, 3.05) is 0 Å². The normalized spacial score (nSPS) is 11.5. The van der Waals surface area contributed by atoms with Gasteiger partial charge in [0.1, 0.15) is 5.58 Å². The number of ether oxygens (including phenoxy) is 1. The monoisotopic (exact) mass is 579 g/mol. The van der Waals surface area contributed by atoms with Crippen molar-refractivity contribution in [3.8, 4) is 17.3 Å². The number of carbonyl (C=O) groups is 1. The predicted octanol–water partition coefficient (Wildman–Crippen LogP) is 6.14. The molecule has 0 radical (unpaired) electrons. The zero-order valence-electron chi connectivity index (χ0n) is 17.7. The minimum Gasteiger partial charge on any atom is -0.453 e. The molecule has 0 atom stereocenters. The molecule has 34 heavy (non-hydrogen) atoms. The number of hydrogen-bond donors (Lipinski definition) is 0. The zero-order valence-corrected chi connectivity index (χ0v) is 20.8. The van der Waals surface area contributed by atoms with Crippen LogP contribution in [0.15, 0.2) is 90.0 Å². The minimum absolute atomic E-state index is 0.283. The average molecular weight is 581 g/mol. The Morgan fingerprint density at radius 1 is 1.06 bits per heavy atom. The molecule has 2 heterocycles. The highest BCUT2D eigenvalue weighted by Crippen LogP contribution is 2.34. The molecule has 0 fully saturated rings. The lowest BCUT2D eigenvalue weighted by Gasteiger charge is -2.09. The fourth-order valence-electron chi connectivity index (χ4n) is 3.50. The number of hydrogen-bond acceptors (Lipinski definition) is 6. The summed E-state index contributed by atoms with van der Waals surface area (Å²) in [6.07, 6.45) is 1.52. The lowest BCUT2D eigenvalue weighted by molar-refractivity contribution is -0.131. The molecule has 0 aliphatic carbocycles. The maximum atomic E-state index is 13.4. The van der Waals surface area contributed by atoms with Crippen molar-refractivity contribution in [3.63, 3.8) is 0 Å². The van der Waals surface area contributed by atoms with Gasteiger partial charge in [0.2, 0.25) is 5.82 Å². The van der Waals surface area contributed by atoms with Gasteiger partial charge in [0.05, 0.1) is 26.1 Å². The first-order chi connectivity index (χ1) is 16.4. The maximum absolute atomic E-state index is 13.4. The topological polar surface area (TPSA) is 86.7 Å². The van der Waals surface area contributed by atoms with E-state index < -0.39 is 5.97 Å². The molecule has 3 aromatic carbocycles. The van der Waals surface area contributed by atoms with E-state index in [9.17, 15) is 9.59 Å². The standard InChI is InChI=1S/C25H15Br2N3O4/c1-14(31)33-23-18(26)10-15(11-19(23)27)13-28-30-24(22-12-16-6-2-5-9-21(16)34-22)29-20-8-4-3-7-17(20)25(30)32/h2-13H,1H3. The molecule has 0 aliphatic heterocycles. The average Bonchev–Trinajstić information content (AvgIpc) is 3.25. The first-order valence-corrected chi connectivity index (χ1v) is 11.7. The van der Waals surface area contributed by atoms with Gasteiger partial charge in [-0.1, -0.05) is 30.3 Å². The summed E-state index contributed by atoms with van der Waals surface area (Å²) in [5.41, 5.74) is 1.56. The summed E-state index contributed by atoms with van der Waals surface area (Å²) >= 11 is 6.81. The van der Waals surface area contributed by atoms with Crippen molar-refractivity contribution in [1.82, 2.24) is 9.66 Å². The van der Waals surface area contributed by atoms with E-state index in [4.69, 9.17) is 9.15 Å². The molecule has 168 valence electrons. The number of esters is 1. The lowest BCUT2D eigenvalue weighted by Crippen LogP contribution is -2.20. The number of nitrogens with zero attached hydrogens (tertiary/aromatic N) is 3. The van der Waals surface area contributed by atoms with Crippen LogP contribution in [0, 0.1) is 0 Å². The van der Waals surface area contributed by atoms with Crippen LogP contribution >= 0.6 is 31.9 Å². The van der Waals surface area contributed by atoms with Crippen molar-refractivity contribution >= 4 is 65.9 Å². The highest BCUT2D eigenvalue weighted by atomic mass is 79.9. The van der Waals surface area contributed by atoms with E-state index in [1.54, 1.807) is 30.3 Å². The summed E-state index contributed by atoms with van der Waals surface area (Å²) in [5.74, 6) is 0.629. The van der Waals surface area contributed by atoms with Gasteiger partial charge in [-0.05, 0) is 73.8 Å². The number of halogens is 2. The second-order valence-electron chi connectivity index (χ2n) is 7.37.